The number of nitrogens with zero attached hydrogens (tertiary/aromatic N) is 3. The predicted molar refractivity (Wildman–Crippen MR) is 95.0 cm³/mol. The smallest absolute Gasteiger partial charge is 0.243 e. The minimum absolute atomic E-state index is 0.0528. The zero-order chi connectivity index (χ0) is 17.6. The molecular formula is C18H27N5O2. The van der Waals surface area contributed by atoms with Gasteiger partial charge in [-0.1, -0.05) is 12.8 Å². The highest BCUT2D eigenvalue weighted by molar-refractivity contribution is 5.87. The van der Waals surface area contributed by atoms with Crippen LogP contribution in [0.5, 0.6) is 0 Å². The molecule has 1 aromatic heterocycles. The second kappa shape index (κ2) is 8.27. The lowest BCUT2D eigenvalue weighted by Crippen LogP contribution is -2.55. The number of anilines is 1. The van der Waals surface area contributed by atoms with Gasteiger partial charge in [0.1, 0.15) is 6.04 Å². The van der Waals surface area contributed by atoms with Crippen molar-refractivity contribution >= 4 is 17.8 Å². The third kappa shape index (κ3) is 4.67. The van der Waals surface area contributed by atoms with E-state index in [4.69, 9.17) is 0 Å². The molecule has 25 heavy (non-hydrogen) atoms. The summed E-state index contributed by atoms with van der Waals surface area (Å²) >= 11 is 0. The summed E-state index contributed by atoms with van der Waals surface area (Å²) in [5.41, 5.74) is 0. The zero-order valence-electron chi connectivity index (χ0n) is 14.8. The van der Waals surface area contributed by atoms with Crippen LogP contribution in [0.15, 0.2) is 18.5 Å². The molecular weight excluding hydrogens is 318 g/mol. The number of rotatable bonds is 5. The summed E-state index contributed by atoms with van der Waals surface area (Å²) in [6, 6.07) is 1.44. The fraction of sp³-hybridized carbons (Fsp3) is 0.667. The Balaban J connectivity index is 1.61. The standard InChI is InChI=1S/C18H27N5O2/c1-13(24)21-16(14-6-2-3-7-14)17(25)22-15-8-4-11-23(12-15)18-19-9-5-10-20-18/h5,9-10,14-16H,2-4,6-8,11-12H2,1H3,(H,21,24)(H,22,25)/t15-,16-/m1/s1. The average molecular weight is 345 g/mol. The Kier molecular flexibility index (Phi) is 5.83. The normalized spacial score (nSPS) is 22.4. The molecule has 2 heterocycles. The maximum atomic E-state index is 12.8. The van der Waals surface area contributed by atoms with Crippen molar-refractivity contribution in [2.75, 3.05) is 18.0 Å². The maximum Gasteiger partial charge on any atom is 0.243 e. The Bertz CT molecular complexity index is 588. The fourth-order valence-electron chi connectivity index (χ4n) is 3.93. The molecule has 2 fully saturated rings. The molecule has 2 amide bonds. The van der Waals surface area contributed by atoms with E-state index in [0.29, 0.717) is 12.5 Å². The van der Waals surface area contributed by atoms with Gasteiger partial charge in [0.2, 0.25) is 17.8 Å². The highest BCUT2D eigenvalue weighted by atomic mass is 16.2. The molecule has 0 radical (unpaired) electrons. The Morgan fingerprint density at radius 3 is 2.56 bits per heavy atom. The van der Waals surface area contributed by atoms with E-state index in [0.717, 1.165) is 45.1 Å². The fourth-order valence-corrected chi connectivity index (χ4v) is 3.93. The molecule has 1 saturated carbocycles. The maximum absolute atomic E-state index is 12.8. The van der Waals surface area contributed by atoms with Crippen LogP contribution in [-0.2, 0) is 9.59 Å². The van der Waals surface area contributed by atoms with E-state index in [2.05, 4.69) is 25.5 Å². The number of piperidine rings is 1. The monoisotopic (exact) mass is 345 g/mol. The van der Waals surface area contributed by atoms with Crippen molar-refractivity contribution in [3.05, 3.63) is 18.5 Å². The van der Waals surface area contributed by atoms with E-state index in [9.17, 15) is 9.59 Å². The zero-order valence-corrected chi connectivity index (χ0v) is 14.8. The molecule has 1 aromatic rings. The van der Waals surface area contributed by atoms with Crippen molar-refractivity contribution < 1.29 is 9.59 Å². The average Bonchev–Trinajstić information content (AvgIpc) is 3.15. The summed E-state index contributed by atoms with van der Waals surface area (Å²) in [7, 11) is 0. The lowest BCUT2D eigenvalue weighted by Gasteiger charge is -2.34. The SMILES string of the molecule is CC(=O)N[C@@H](C(=O)N[C@@H]1CCCN(c2ncccn2)C1)C1CCCC1. The van der Waals surface area contributed by atoms with Crippen molar-refractivity contribution in [3.8, 4) is 0 Å². The lowest BCUT2D eigenvalue weighted by atomic mass is 9.96. The van der Waals surface area contributed by atoms with Crippen LogP contribution in [0.25, 0.3) is 0 Å². The molecule has 0 aromatic carbocycles. The van der Waals surface area contributed by atoms with Crippen molar-refractivity contribution in [1.29, 1.82) is 0 Å². The topological polar surface area (TPSA) is 87.2 Å². The first-order valence-corrected chi connectivity index (χ1v) is 9.23. The van der Waals surface area contributed by atoms with Crippen molar-refractivity contribution in [2.45, 2.75) is 57.5 Å². The summed E-state index contributed by atoms with van der Waals surface area (Å²) in [6.45, 7) is 3.08. The Hall–Kier alpha value is -2.18. The van der Waals surface area contributed by atoms with Gasteiger partial charge in [-0.25, -0.2) is 9.97 Å². The Labute approximate surface area is 148 Å². The van der Waals surface area contributed by atoms with E-state index in [1.54, 1.807) is 18.5 Å². The van der Waals surface area contributed by atoms with Crippen LogP contribution in [0.2, 0.25) is 0 Å². The summed E-state index contributed by atoms with van der Waals surface area (Å²) in [5, 5.41) is 6.01. The largest absolute Gasteiger partial charge is 0.350 e. The highest BCUT2D eigenvalue weighted by Gasteiger charge is 2.33. The summed E-state index contributed by atoms with van der Waals surface area (Å²) in [4.78, 5) is 35.0. The van der Waals surface area contributed by atoms with Gasteiger partial charge in [-0.15, -0.1) is 0 Å². The van der Waals surface area contributed by atoms with Gasteiger partial charge >= 0.3 is 0 Å². The number of hydrogen-bond acceptors (Lipinski definition) is 5. The van der Waals surface area contributed by atoms with Gasteiger partial charge in [0.05, 0.1) is 0 Å². The van der Waals surface area contributed by atoms with Gasteiger partial charge in [-0.05, 0) is 37.7 Å². The number of carbonyl (C=O) groups excluding carboxylic acids is 2. The minimum atomic E-state index is -0.414. The van der Waals surface area contributed by atoms with E-state index >= 15 is 0 Å². The second-order valence-corrected chi connectivity index (χ2v) is 7.07. The van der Waals surface area contributed by atoms with E-state index < -0.39 is 6.04 Å². The van der Waals surface area contributed by atoms with Gasteiger partial charge in [0.25, 0.3) is 0 Å². The van der Waals surface area contributed by atoms with E-state index in [1.807, 2.05) is 0 Å². The number of amides is 2. The van der Waals surface area contributed by atoms with Crippen molar-refractivity contribution in [2.24, 2.45) is 5.92 Å². The molecule has 2 atom stereocenters. The van der Waals surface area contributed by atoms with Gasteiger partial charge in [-0.2, -0.15) is 0 Å². The lowest BCUT2D eigenvalue weighted by molar-refractivity contribution is -0.130. The van der Waals surface area contributed by atoms with Crippen LogP contribution in [0.1, 0.15) is 45.4 Å². The molecule has 2 aliphatic rings. The molecule has 0 bridgehead atoms. The molecule has 1 aliphatic heterocycles. The van der Waals surface area contributed by atoms with Gasteiger partial charge in [-0.3, -0.25) is 9.59 Å². The predicted octanol–water partition coefficient (Wildman–Crippen LogP) is 1.26. The highest BCUT2D eigenvalue weighted by Crippen LogP contribution is 2.28. The molecule has 0 spiro atoms. The number of hydrogen-bond donors (Lipinski definition) is 2. The number of carbonyl (C=O) groups is 2. The van der Waals surface area contributed by atoms with Crippen LogP contribution >= 0.6 is 0 Å². The molecule has 3 rings (SSSR count). The Morgan fingerprint density at radius 1 is 1.16 bits per heavy atom. The first-order valence-electron chi connectivity index (χ1n) is 9.23. The van der Waals surface area contributed by atoms with Crippen LogP contribution < -0.4 is 15.5 Å². The third-order valence-electron chi connectivity index (χ3n) is 5.12. The summed E-state index contributed by atoms with van der Waals surface area (Å²) in [5.74, 6) is 0.759. The molecule has 1 saturated heterocycles. The van der Waals surface area contributed by atoms with Crippen molar-refractivity contribution in [1.82, 2.24) is 20.6 Å². The van der Waals surface area contributed by atoms with E-state index in [1.165, 1.54) is 6.92 Å². The number of nitrogens with one attached hydrogen (secondary N) is 2. The molecule has 7 nitrogen and oxygen atoms in total. The van der Waals surface area contributed by atoms with Crippen molar-refractivity contribution in [3.63, 3.8) is 0 Å². The quantitative estimate of drug-likeness (QED) is 0.839. The minimum Gasteiger partial charge on any atom is -0.350 e. The molecule has 2 N–H and O–H groups in total. The Morgan fingerprint density at radius 2 is 1.88 bits per heavy atom. The molecule has 7 heteroatoms. The van der Waals surface area contributed by atoms with Gasteiger partial charge in [0, 0.05) is 38.4 Å². The third-order valence-corrected chi connectivity index (χ3v) is 5.12. The first kappa shape index (κ1) is 17.6. The molecule has 1 aliphatic carbocycles. The number of aromatic nitrogens is 2. The second-order valence-electron chi connectivity index (χ2n) is 7.07. The summed E-state index contributed by atoms with van der Waals surface area (Å²) < 4.78 is 0. The van der Waals surface area contributed by atoms with Crippen LogP contribution in [0, 0.1) is 5.92 Å². The molecule has 0 unspecified atom stereocenters. The van der Waals surface area contributed by atoms with Gasteiger partial charge < -0.3 is 15.5 Å². The van der Waals surface area contributed by atoms with Gasteiger partial charge in [0.15, 0.2) is 0 Å². The summed E-state index contributed by atoms with van der Waals surface area (Å²) in [6.07, 6.45) is 9.67. The molecule has 136 valence electrons. The first-order chi connectivity index (χ1) is 12.1. The van der Waals surface area contributed by atoms with Crippen LogP contribution in [0.3, 0.4) is 0 Å². The van der Waals surface area contributed by atoms with E-state index in [-0.39, 0.29) is 23.8 Å². The van der Waals surface area contributed by atoms with Crippen LogP contribution in [0.4, 0.5) is 5.95 Å². The van der Waals surface area contributed by atoms with Crippen LogP contribution in [-0.4, -0.2) is 47.0 Å².